The second-order valence-corrected chi connectivity index (χ2v) is 7.98. The van der Waals surface area contributed by atoms with E-state index in [1.807, 2.05) is 4.90 Å². The van der Waals surface area contributed by atoms with Gasteiger partial charge >= 0.3 is 0 Å². The zero-order chi connectivity index (χ0) is 21.1. The Morgan fingerprint density at radius 3 is 2.50 bits per heavy atom. The molecule has 0 saturated carbocycles. The van der Waals surface area contributed by atoms with Crippen molar-refractivity contribution in [2.75, 3.05) is 49.1 Å². The predicted octanol–water partition coefficient (Wildman–Crippen LogP) is 2.58. The molecule has 9 heteroatoms. The minimum absolute atomic E-state index is 0.00581. The summed E-state index contributed by atoms with van der Waals surface area (Å²) in [5, 5.41) is 11.7. The van der Waals surface area contributed by atoms with Crippen molar-refractivity contribution < 1.29 is 9.72 Å². The van der Waals surface area contributed by atoms with E-state index in [2.05, 4.69) is 21.8 Å². The zero-order valence-electron chi connectivity index (χ0n) is 17.1. The van der Waals surface area contributed by atoms with Crippen LogP contribution in [-0.4, -0.2) is 65.0 Å². The van der Waals surface area contributed by atoms with E-state index >= 15 is 0 Å². The van der Waals surface area contributed by atoms with Crippen LogP contribution < -0.4 is 9.80 Å². The number of hydrogen-bond acceptors (Lipinski definition) is 7. The number of carbonyl (C=O) groups is 1. The first-order chi connectivity index (χ1) is 14.5. The number of nitro groups is 1. The van der Waals surface area contributed by atoms with E-state index in [0.717, 1.165) is 25.9 Å². The van der Waals surface area contributed by atoms with Gasteiger partial charge in [-0.05, 0) is 37.0 Å². The molecule has 2 aromatic rings. The van der Waals surface area contributed by atoms with Crippen LogP contribution in [0.2, 0.25) is 0 Å². The molecule has 3 heterocycles. The first-order valence-corrected chi connectivity index (χ1v) is 10.4. The molecule has 1 aromatic carbocycles. The Kier molecular flexibility index (Phi) is 5.78. The van der Waals surface area contributed by atoms with Crippen molar-refractivity contribution in [1.82, 2.24) is 14.9 Å². The van der Waals surface area contributed by atoms with Gasteiger partial charge in [0.15, 0.2) is 0 Å². The van der Waals surface area contributed by atoms with Crippen LogP contribution in [0.5, 0.6) is 0 Å². The van der Waals surface area contributed by atoms with Crippen molar-refractivity contribution in [3.05, 3.63) is 52.3 Å². The van der Waals surface area contributed by atoms with Crippen molar-refractivity contribution in [1.29, 1.82) is 0 Å². The second-order valence-electron chi connectivity index (χ2n) is 7.98. The molecule has 9 nitrogen and oxygen atoms in total. The Morgan fingerprint density at radius 2 is 1.83 bits per heavy atom. The van der Waals surface area contributed by atoms with Gasteiger partial charge in [-0.2, -0.15) is 0 Å². The standard InChI is InChI=1S/C21H26N6O3/c1-16-4-2-9-26(15-16)18-6-5-17(14-19(18)27(29)30)20(28)24-10-12-25(13-11-24)21-22-7-3-8-23-21/h3,5-8,14,16H,2,4,9-13,15H2,1H3/t16-/m0/s1. The highest BCUT2D eigenvalue weighted by molar-refractivity contribution is 5.96. The van der Waals surface area contributed by atoms with Crippen molar-refractivity contribution >= 4 is 23.2 Å². The third-order valence-electron chi connectivity index (χ3n) is 5.82. The Balaban J connectivity index is 1.48. The molecule has 0 aliphatic carbocycles. The van der Waals surface area contributed by atoms with Crippen LogP contribution in [0, 0.1) is 16.0 Å². The summed E-state index contributed by atoms with van der Waals surface area (Å²) in [7, 11) is 0. The molecule has 1 atom stereocenters. The number of amides is 1. The average Bonchev–Trinajstić information content (AvgIpc) is 2.79. The summed E-state index contributed by atoms with van der Waals surface area (Å²) < 4.78 is 0. The van der Waals surface area contributed by atoms with E-state index in [4.69, 9.17) is 0 Å². The number of nitro benzene ring substituents is 1. The largest absolute Gasteiger partial charge is 0.366 e. The number of rotatable bonds is 4. The van der Waals surface area contributed by atoms with Crippen LogP contribution in [0.25, 0.3) is 0 Å². The van der Waals surface area contributed by atoms with Gasteiger partial charge in [0.2, 0.25) is 5.95 Å². The van der Waals surface area contributed by atoms with Crippen molar-refractivity contribution in [3.8, 4) is 0 Å². The van der Waals surface area contributed by atoms with Crippen LogP contribution in [0.4, 0.5) is 17.3 Å². The fourth-order valence-corrected chi connectivity index (χ4v) is 4.22. The van der Waals surface area contributed by atoms with Gasteiger partial charge in [-0.25, -0.2) is 9.97 Å². The monoisotopic (exact) mass is 410 g/mol. The lowest BCUT2D eigenvalue weighted by atomic mass is 9.99. The van der Waals surface area contributed by atoms with Gasteiger partial charge in [0, 0.05) is 63.3 Å². The Bertz CT molecular complexity index is 914. The van der Waals surface area contributed by atoms with Crippen LogP contribution in [0.1, 0.15) is 30.1 Å². The van der Waals surface area contributed by atoms with Crippen molar-refractivity contribution in [2.24, 2.45) is 5.92 Å². The first kappa shape index (κ1) is 20.1. The highest BCUT2D eigenvalue weighted by atomic mass is 16.6. The van der Waals surface area contributed by atoms with E-state index in [-0.39, 0.29) is 16.5 Å². The molecule has 2 aliphatic heterocycles. The SMILES string of the molecule is C[C@H]1CCCN(c2ccc(C(=O)N3CCN(c4ncccn4)CC3)cc2[N+](=O)[O-])C1. The Hall–Kier alpha value is -3.23. The summed E-state index contributed by atoms with van der Waals surface area (Å²) in [6.07, 6.45) is 5.56. The minimum Gasteiger partial charge on any atom is -0.366 e. The minimum atomic E-state index is -0.379. The van der Waals surface area contributed by atoms with E-state index in [1.165, 1.54) is 6.07 Å². The molecule has 158 valence electrons. The second kappa shape index (κ2) is 8.64. The third-order valence-corrected chi connectivity index (χ3v) is 5.82. The Labute approximate surface area is 175 Å². The lowest BCUT2D eigenvalue weighted by Crippen LogP contribution is -2.49. The lowest BCUT2D eigenvalue weighted by Gasteiger charge is -2.35. The molecule has 1 amide bonds. The number of benzene rings is 1. The van der Waals surface area contributed by atoms with Crippen LogP contribution in [0.15, 0.2) is 36.7 Å². The molecule has 0 bridgehead atoms. The molecule has 30 heavy (non-hydrogen) atoms. The van der Waals surface area contributed by atoms with Gasteiger partial charge in [-0.15, -0.1) is 0 Å². The van der Waals surface area contributed by atoms with Gasteiger partial charge < -0.3 is 14.7 Å². The molecule has 0 spiro atoms. The van der Waals surface area contributed by atoms with E-state index in [9.17, 15) is 14.9 Å². The quantitative estimate of drug-likeness (QED) is 0.565. The summed E-state index contributed by atoms with van der Waals surface area (Å²) >= 11 is 0. The number of aromatic nitrogens is 2. The summed E-state index contributed by atoms with van der Waals surface area (Å²) in [5.41, 5.74) is 0.973. The number of carbonyl (C=O) groups excluding carboxylic acids is 1. The van der Waals surface area contributed by atoms with Gasteiger partial charge in [0.25, 0.3) is 11.6 Å². The smallest absolute Gasteiger partial charge is 0.293 e. The maximum Gasteiger partial charge on any atom is 0.293 e. The molecule has 0 N–H and O–H groups in total. The zero-order valence-corrected chi connectivity index (χ0v) is 17.1. The van der Waals surface area contributed by atoms with Crippen LogP contribution in [0.3, 0.4) is 0 Å². The van der Waals surface area contributed by atoms with Crippen molar-refractivity contribution in [2.45, 2.75) is 19.8 Å². The number of nitrogens with zero attached hydrogens (tertiary/aromatic N) is 6. The van der Waals surface area contributed by atoms with E-state index < -0.39 is 0 Å². The number of hydrogen-bond donors (Lipinski definition) is 0. The first-order valence-electron chi connectivity index (χ1n) is 10.4. The average molecular weight is 410 g/mol. The van der Waals surface area contributed by atoms with E-state index in [1.54, 1.807) is 35.5 Å². The highest BCUT2D eigenvalue weighted by Gasteiger charge is 2.28. The predicted molar refractivity (Wildman–Crippen MR) is 114 cm³/mol. The molecule has 4 rings (SSSR count). The topological polar surface area (TPSA) is 95.7 Å². The fraction of sp³-hybridized carbons (Fsp3) is 0.476. The summed E-state index contributed by atoms with van der Waals surface area (Å²) in [4.78, 5) is 38.7. The molecule has 2 saturated heterocycles. The maximum atomic E-state index is 13.0. The molecule has 1 aromatic heterocycles. The summed E-state index contributed by atoms with van der Waals surface area (Å²) in [5.74, 6) is 0.982. The summed E-state index contributed by atoms with van der Waals surface area (Å²) in [6, 6.07) is 6.65. The lowest BCUT2D eigenvalue weighted by molar-refractivity contribution is -0.384. The van der Waals surface area contributed by atoms with E-state index in [0.29, 0.717) is 49.3 Å². The molecule has 2 fully saturated rings. The third kappa shape index (κ3) is 4.19. The van der Waals surface area contributed by atoms with Crippen molar-refractivity contribution in [3.63, 3.8) is 0 Å². The van der Waals surface area contributed by atoms with Gasteiger partial charge in [-0.3, -0.25) is 14.9 Å². The molecule has 2 aliphatic rings. The van der Waals surface area contributed by atoms with Crippen LogP contribution in [-0.2, 0) is 0 Å². The molecule has 0 radical (unpaired) electrons. The molecular formula is C21H26N6O3. The number of anilines is 2. The Morgan fingerprint density at radius 1 is 1.10 bits per heavy atom. The number of piperazine rings is 1. The van der Waals surface area contributed by atoms with Gasteiger partial charge in [-0.1, -0.05) is 6.92 Å². The fourth-order valence-electron chi connectivity index (χ4n) is 4.22. The normalized spacial score (nSPS) is 19.6. The highest BCUT2D eigenvalue weighted by Crippen LogP contribution is 2.32. The molecular weight excluding hydrogens is 384 g/mol. The van der Waals surface area contributed by atoms with Gasteiger partial charge in [0.05, 0.1) is 4.92 Å². The maximum absolute atomic E-state index is 13.0. The van der Waals surface area contributed by atoms with Gasteiger partial charge in [0.1, 0.15) is 5.69 Å². The van der Waals surface area contributed by atoms with Crippen LogP contribution >= 0.6 is 0 Å². The summed E-state index contributed by atoms with van der Waals surface area (Å²) in [6.45, 7) is 6.07. The number of piperidine rings is 1. The molecule has 0 unspecified atom stereocenters.